The second-order valence-electron chi connectivity index (χ2n) is 4.32. The number of rotatable bonds is 5. The fraction of sp³-hybridized carbons (Fsp3) is 0.250. The molecule has 2 heterocycles. The number of hydrogen-bond acceptors (Lipinski definition) is 4. The Morgan fingerprint density at radius 1 is 1.50 bits per heavy atom. The normalized spacial score (nSPS) is 13.3. The van der Waals surface area contributed by atoms with Crippen LogP contribution in [0.4, 0.5) is 0 Å². The van der Waals surface area contributed by atoms with Gasteiger partial charge in [-0.25, -0.2) is 13.1 Å². The average molecular weight is 317 g/mol. The molecule has 0 spiro atoms. The minimum absolute atomic E-state index is 0.0894. The van der Waals surface area contributed by atoms with Crippen molar-refractivity contribution in [1.29, 1.82) is 0 Å². The van der Waals surface area contributed by atoms with Crippen LogP contribution in [0.15, 0.2) is 44.8 Å². The van der Waals surface area contributed by atoms with Crippen LogP contribution in [0.2, 0.25) is 5.02 Å². The zero-order chi connectivity index (χ0) is 14.8. The van der Waals surface area contributed by atoms with E-state index in [9.17, 15) is 13.2 Å². The van der Waals surface area contributed by atoms with Crippen LogP contribution < -0.4 is 10.3 Å². The molecule has 2 N–H and O–H groups in total. The summed E-state index contributed by atoms with van der Waals surface area (Å²) in [6.45, 7) is 1.72. The summed E-state index contributed by atoms with van der Waals surface area (Å²) >= 11 is 5.62. The number of H-pyrrole nitrogens is 1. The maximum atomic E-state index is 12.1. The molecule has 0 amide bonds. The van der Waals surface area contributed by atoms with E-state index in [0.29, 0.717) is 12.2 Å². The number of nitrogens with one attached hydrogen (secondary N) is 2. The second-order valence-corrected chi connectivity index (χ2v) is 6.44. The van der Waals surface area contributed by atoms with Gasteiger partial charge in [-0.2, -0.15) is 0 Å². The van der Waals surface area contributed by atoms with Crippen LogP contribution in [-0.2, 0) is 16.4 Å². The molecule has 2 aromatic heterocycles. The Hall–Kier alpha value is -1.57. The highest BCUT2D eigenvalue weighted by molar-refractivity contribution is 7.89. The van der Waals surface area contributed by atoms with E-state index in [1.54, 1.807) is 19.1 Å². The molecule has 2 rings (SSSR count). The molecule has 108 valence electrons. The fourth-order valence-corrected chi connectivity index (χ4v) is 3.17. The van der Waals surface area contributed by atoms with Crippen LogP contribution in [0.1, 0.15) is 12.7 Å². The average Bonchev–Trinajstić information content (AvgIpc) is 2.84. The van der Waals surface area contributed by atoms with E-state index in [2.05, 4.69) is 9.71 Å². The Balaban J connectivity index is 2.14. The standard InChI is InChI=1S/C12H13ClN2O4S/c1-8(5-9-3-2-4-19-9)15-20(17,18)10-6-11(13)12(16)14-7-10/h2-4,6-8,15H,5H2,1H3,(H,14,16). The highest BCUT2D eigenvalue weighted by atomic mass is 35.5. The lowest BCUT2D eigenvalue weighted by atomic mass is 10.2. The van der Waals surface area contributed by atoms with Gasteiger partial charge >= 0.3 is 0 Å². The summed E-state index contributed by atoms with van der Waals surface area (Å²) < 4.78 is 31.9. The van der Waals surface area contributed by atoms with Crippen molar-refractivity contribution < 1.29 is 12.8 Å². The number of pyridine rings is 1. The third kappa shape index (κ3) is 3.50. The van der Waals surface area contributed by atoms with Crippen molar-refractivity contribution in [1.82, 2.24) is 9.71 Å². The van der Waals surface area contributed by atoms with E-state index < -0.39 is 15.6 Å². The lowest BCUT2D eigenvalue weighted by Crippen LogP contribution is -2.34. The Morgan fingerprint density at radius 2 is 2.25 bits per heavy atom. The molecule has 0 aromatic carbocycles. The molecular weight excluding hydrogens is 304 g/mol. The maximum Gasteiger partial charge on any atom is 0.266 e. The van der Waals surface area contributed by atoms with Crippen molar-refractivity contribution in [3.8, 4) is 0 Å². The van der Waals surface area contributed by atoms with Gasteiger partial charge in [0.2, 0.25) is 10.0 Å². The van der Waals surface area contributed by atoms with Crippen molar-refractivity contribution in [3.05, 3.63) is 51.8 Å². The summed E-state index contributed by atoms with van der Waals surface area (Å²) in [7, 11) is -3.75. The Bertz CT molecular complexity index is 737. The van der Waals surface area contributed by atoms with E-state index in [0.717, 1.165) is 12.3 Å². The third-order valence-corrected chi connectivity index (χ3v) is 4.44. The van der Waals surface area contributed by atoms with Crippen LogP contribution in [-0.4, -0.2) is 19.4 Å². The molecule has 0 radical (unpaired) electrons. The Kier molecular flexibility index (Phi) is 4.32. The first kappa shape index (κ1) is 14.8. The topological polar surface area (TPSA) is 92.2 Å². The van der Waals surface area contributed by atoms with Gasteiger partial charge in [-0.3, -0.25) is 4.79 Å². The smallest absolute Gasteiger partial charge is 0.266 e. The maximum absolute atomic E-state index is 12.1. The SMILES string of the molecule is CC(Cc1ccco1)NS(=O)(=O)c1c[nH]c(=O)c(Cl)c1. The van der Waals surface area contributed by atoms with Gasteiger partial charge in [0.05, 0.1) is 11.2 Å². The van der Waals surface area contributed by atoms with E-state index in [4.69, 9.17) is 16.0 Å². The second kappa shape index (κ2) is 5.82. The minimum atomic E-state index is -3.75. The lowest BCUT2D eigenvalue weighted by molar-refractivity contribution is 0.479. The highest BCUT2D eigenvalue weighted by Gasteiger charge is 2.19. The number of aromatic amines is 1. The predicted molar refractivity (Wildman–Crippen MR) is 74.3 cm³/mol. The molecule has 0 bridgehead atoms. The molecule has 0 aliphatic heterocycles. The van der Waals surface area contributed by atoms with Crippen LogP contribution in [0.5, 0.6) is 0 Å². The van der Waals surface area contributed by atoms with Gasteiger partial charge in [0.25, 0.3) is 5.56 Å². The zero-order valence-corrected chi connectivity index (χ0v) is 12.2. The lowest BCUT2D eigenvalue weighted by Gasteiger charge is -2.13. The van der Waals surface area contributed by atoms with Crippen molar-refractivity contribution in [2.45, 2.75) is 24.3 Å². The van der Waals surface area contributed by atoms with E-state index in [1.807, 2.05) is 0 Å². The summed E-state index contributed by atoms with van der Waals surface area (Å²) in [5.41, 5.74) is -0.533. The number of furan rings is 1. The molecule has 8 heteroatoms. The first-order valence-electron chi connectivity index (χ1n) is 5.81. The van der Waals surface area contributed by atoms with Gasteiger partial charge in [-0.15, -0.1) is 0 Å². The number of halogens is 1. The molecule has 2 aromatic rings. The van der Waals surface area contributed by atoms with Gasteiger partial charge in [0, 0.05) is 18.7 Å². The van der Waals surface area contributed by atoms with Gasteiger partial charge in [-0.05, 0) is 25.1 Å². The first-order valence-corrected chi connectivity index (χ1v) is 7.67. The van der Waals surface area contributed by atoms with Crippen molar-refractivity contribution in [3.63, 3.8) is 0 Å². The monoisotopic (exact) mass is 316 g/mol. The van der Waals surface area contributed by atoms with E-state index >= 15 is 0 Å². The molecule has 0 aliphatic rings. The Labute approximate surface area is 120 Å². The van der Waals surface area contributed by atoms with Gasteiger partial charge < -0.3 is 9.40 Å². The zero-order valence-electron chi connectivity index (χ0n) is 10.6. The molecular formula is C12H13ClN2O4S. The molecule has 6 nitrogen and oxygen atoms in total. The molecule has 1 unspecified atom stereocenters. The Morgan fingerprint density at radius 3 is 2.85 bits per heavy atom. The third-order valence-electron chi connectivity index (χ3n) is 2.59. The quantitative estimate of drug-likeness (QED) is 0.875. The van der Waals surface area contributed by atoms with Crippen molar-refractivity contribution in [2.24, 2.45) is 0 Å². The van der Waals surface area contributed by atoms with Crippen LogP contribution in [0, 0.1) is 0 Å². The summed E-state index contributed by atoms with van der Waals surface area (Å²) in [5.74, 6) is 0.680. The first-order chi connectivity index (χ1) is 9.38. The van der Waals surface area contributed by atoms with Gasteiger partial charge in [-0.1, -0.05) is 11.6 Å². The van der Waals surface area contributed by atoms with E-state index in [1.165, 1.54) is 6.26 Å². The molecule has 20 heavy (non-hydrogen) atoms. The van der Waals surface area contributed by atoms with Crippen LogP contribution >= 0.6 is 11.6 Å². The summed E-state index contributed by atoms with van der Waals surface area (Å²) in [6, 6.07) is 4.25. The molecule has 0 saturated heterocycles. The molecule has 0 fully saturated rings. The van der Waals surface area contributed by atoms with Crippen molar-refractivity contribution in [2.75, 3.05) is 0 Å². The van der Waals surface area contributed by atoms with Crippen molar-refractivity contribution >= 4 is 21.6 Å². The van der Waals surface area contributed by atoms with Gasteiger partial charge in [0.15, 0.2) is 0 Å². The fourth-order valence-electron chi connectivity index (χ4n) is 1.70. The van der Waals surface area contributed by atoms with Gasteiger partial charge in [0.1, 0.15) is 10.8 Å². The molecule has 0 aliphatic carbocycles. The molecule has 0 saturated carbocycles. The number of hydrogen-bond donors (Lipinski definition) is 2. The largest absolute Gasteiger partial charge is 0.469 e. The predicted octanol–water partition coefficient (Wildman–Crippen LogP) is 1.53. The summed E-state index contributed by atoms with van der Waals surface area (Å²) in [6.07, 6.45) is 3.05. The number of sulfonamides is 1. The number of aromatic nitrogens is 1. The van der Waals surface area contributed by atoms with Crippen LogP contribution in [0.25, 0.3) is 0 Å². The van der Waals surface area contributed by atoms with E-state index in [-0.39, 0.29) is 16.0 Å². The molecule has 1 atom stereocenters. The van der Waals surface area contributed by atoms with Crippen LogP contribution in [0.3, 0.4) is 0 Å². The summed E-state index contributed by atoms with van der Waals surface area (Å²) in [5, 5.41) is -0.174. The summed E-state index contributed by atoms with van der Waals surface area (Å²) in [4.78, 5) is 13.3. The highest BCUT2D eigenvalue weighted by Crippen LogP contribution is 2.12. The minimum Gasteiger partial charge on any atom is -0.469 e.